The van der Waals surface area contributed by atoms with Crippen LogP contribution in [0, 0.1) is 10.1 Å². The number of rotatable bonds is 4. The largest absolute Gasteiger partial charge is 0.497 e. The molecule has 1 aliphatic heterocycles. The van der Waals surface area contributed by atoms with Gasteiger partial charge >= 0.3 is 0 Å². The molecule has 1 unspecified atom stereocenters. The van der Waals surface area contributed by atoms with E-state index in [4.69, 9.17) is 9.47 Å². The van der Waals surface area contributed by atoms with Gasteiger partial charge in [0.2, 0.25) is 17.5 Å². The normalized spacial score (nSPS) is 18.9. The predicted octanol–water partition coefficient (Wildman–Crippen LogP) is 3.02. The number of hydrogen-bond acceptors (Lipinski definition) is 6. The number of methoxy groups -OCH3 is 1. The molecule has 0 bridgehead atoms. The number of carbonyl (C=O) groups is 1. The molecule has 3 rings (SSSR count). The summed E-state index contributed by atoms with van der Waals surface area (Å²) >= 11 is 0. The number of hydrogen-bond donors (Lipinski definition) is 0. The summed E-state index contributed by atoms with van der Waals surface area (Å²) in [5.74, 6) is 0.496. The van der Waals surface area contributed by atoms with Crippen molar-refractivity contribution in [3.8, 4) is 5.75 Å². The minimum Gasteiger partial charge on any atom is -0.497 e. The minimum atomic E-state index is -1.17. The van der Waals surface area contributed by atoms with Crippen molar-refractivity contribution in [2.45, 2.75) is 19.6 Å². The first kappa shape index (κ1) is 17.4. The Morgan fingerprint density at radius 1 is 1.27 bits per heavy atom. The second kappa shape index (κ2) is 6.47. The van der Waals surface area contributed by atoms with Crippen molar-refractivity contribution in [1.82, 2.24) is 5.01 Å². The van der Waals surface area contributed by atoms with E-state index in [2.05, 4.69) is 5.10 Å². The van der Waals surface area contributed by atoms with E-state index in [0.717, 1.165) is 0 Å². The Morgan fingerprint density at radius 3 is 2.54 bits per heavy atom. The number of hydrazone groups is 1. The van der Waals surface area contributed by atoms with E-state index < -0.39 is 10.6 Å². The third-order valence-electron chi connectivity index (χ3n) is 4.12. The molecule has 1 aliphatic rings. The van der Waals surface area contributed by atoms with Crippen LogP contribution < -0.4 is 4.74 Å². The van der Waals surface area contributed by atoms with Crippen LogP contribution in [-0.4, -0.2) is 28.8 Å². The average Bonchev–Trinajstić information content (AvgIpc) is 3.01. The zero-order chi connectivity index (χ0) is 18.9. The summed E-state index contributed by atoms with van der Waals surface area (Å²) in [4.78, 5) is 22.6. The lowest BCUT2D eigenvalue weighted by Crippen LogP contribution is -2.41. The summed E-state index contributed by atoms with van der Waals surface area (Å²) in [7, 11) is 1.56. The smallest absolute Gasteiger partial charge is 0.270 e. The molecule has 2 aromatic rings. The summed E-state index contributed by atoms with van der Waals surface area (Å²) in [5.41, 5.74) is -0.139. The molecule has 0 spiro atoms. The quantitative estimate of drug-likeness (QED) is 0.621. The highest BCUT2D eigenvalue weighted by Crippen LogP contribution is 2.37. The van der Waals surface area contributed by atoms with Gasteiger partial charge in [0.25, 0.3) is 5.69 Å². The van der Waals surface area contributed by atoms with Crippen molar-refractivity contribution in [3.05, 3.63) is 69.8 Å². The predicted molar refractivity (Wildman–Crippen MR) is 93.6 cm³/mol. The van der Waals surface area contributed by atoms with Gasteiger partial charge in [-0.3, -0.25) is 14.9 Å². The Morgan fingerprint density at radius 2 is 1.96 bits per heavy atom. The number of carbonyl (C=O) groups excluding carboxylic acids is 1. The molecule has 134 valence electrons. The van der Waals surface area contributed by atoms with E-state index >= 15 is 0 Å². The second-order valence-corrected chi connectivity index (χ2v) is 5.86. The Hall–Kier alpha value is -3.42. The third-order valence-corrected chi connectivity index (χ3v) is 4.12. The van der Waals surface area contributed by atoms with Crippen LogP contribution in [0.5, 0.6) is 5.75 Å². The van der Waals surface area contributed by atoms with Gasteiger partial charge in [0.1, 0.15) is 5.75 Å². The molecule has 1 atom stereocenters. The summed E-state index contributed by atoms with van der Waals surface area (Å²) in [6.45, 7) is 3.09. The van der Waals surface area contributed by atoms with Gasteiger partial charge in [-0.15, -0.1) is 5.10 Å². The van der Waals surface area contributed by atoms with Crippen LogP contribution in [0.15, 0.2) is 53.6 Å². The van der Waals surface area contributed by atoms with Crippen LogP contribution >= 0.6 is 0 Å². The molecule has 26 heavy (non-hydrogen) atoms. The van der Waals surface area contributed by atoms with Crippen molar-refractivity contribution in [3.63, 3.8) is 0 Å². The first-order chi connectivity index (χ1) is 12.3. The summed E-state index contributed by atoms with van der Waals surface area (Å²) in [6, 6.07) is 13.0. The van der Waals surface area contributed by atoms with Gasteiger partial charge in [-0.1, -0.05) is 6.07 Å². The fraction of sp³-hybridized carbons (Fsp3) is 0.222. The van der Waals surface area contributed by atoms with Crippen molar-refractivity contribution in [1.29, 1.82) is 0 Å². The molecule has 2 aromatic carbocycles. The van der Waals surface area contributed by atoms with E-state index in [9.17, 15) is 14.9 Å². The van der Waals surface area contributed by atoms with E-state index in [-0.39, 0.29) is 17.5 Å². The first-order valence-electron chi connectivity index (χ1n) is 7.83. The Balaban J connectivity index is 2.00. The second-order valence-electron chi connectivity index (χ2n) is 5.86. The SMILES string of the molecule is COc1ccc(C2(C)OC(c3cccc([N+](=O)[O-])c3)=NN2C(C)=O)cc1. The number of non-ortho nitro benzene ring substituents is 1. The lowest BCUT2D eigenvalue weighted by atomic mass is 10.0. The Bertz CT molecular complexity index is 894. The van der Waals surface area contributed by atoms with Gasteiger partial charge in [0, 0.05) is 37.1 Å². The lowest BCUT2D eigenvalue weighted by Gasteiger charge is -2.31. The highest BCUT2D eigenvalue weighted by atomic mass is 16.6. The van der Waals surface area contributed by atoms with E-state index in [1.165, 1.54) is 24.1 Å². The molecular formula is C18H17N3O5. The molecule has 8 heteroatoms. The standard InChI is InChI=1S/C18H17N3O5/c1-12(22)20-18(2,14-7-9-16(25-3)10-8-14)26-17(19-20)13-5-4-6-15(11-13)21(23)24/h4-11H,1-3H3. The van der Waals surface area contributed by atoms with Crippen molar-refractivity contribution < 1.29 is 19.2 Å². The van der Waals surface area contributed by atoms with Crippen LogP contribution in [0.1, 0.15) is 25.0 Å². The van der Waals surface area contributed by atoms with E-state index in [1.54, 1.807) is 50.4 Å². The molecule has 0 saturated carbocycles. The zero-order valence-corrected chi connectivity index (χ0v) is 14.5. The van der Waals surface area contributed by atoms with Gasteiger partial charge in [-0.05, 0) is 30.3 Å². The summed E-state index contributed by atoms with van der Waals surface area (Å²) < 4.78 is 11.1. The fourth-order valence-corrected chi connectivity index (χ4v) is 2.76. The molecule has 0 aromatic heterocycles. The van der Waals surface area contributed by atoms with Crippen molar-refractivity contribution in [2.24, 2.45) is 5.10 Å². The Labute approximate surface area is 149 Å². The van der Waals surface area contributed by atoms with Crippen molar-refractivity contribution >= 4 is 17.5 Å². The van der Waals surface area contributed by atoms with Gasteiger partial charge in [-0.2, -0.15) is 5.01 Å². The van der Waals surface area contributed by atoms with Crippen LogP contribution in [0.3, 0.4) is 0 Å². The summed E-state index contributed by atoms with van der Waals surface area (Å²) in [6.07, 6.45) is 0. The van der Waals surface area contributed by atoms with Gasteiger partial charge in [0.05, 0.1) is 12.0 Å². The van der Waals surface area contributed by atoms with E-state index in [0.29, 0.717) is 16.9 Å². The molecular weight excluding hydrogens is 338 g/mol. The number of nitro benzene ring substituents is 1. The molecule has 0 aliphatic carbocycles. The molecule has 1 amide bonds. The maximum Gasteiger partial charge on any atom is 0.270 e. The molecule has 0 saturated heterocycles. The molecule has 8 nitrogen and oxygen atoms in total. The number of amides is 1. The van der Waals surface area contributed by atoms with Crippen LogP contribution in [0.4, 0.5) is 5.69 Å². The number of benzene rings is 2. The lowest BCUT2D eigenvalue weighted by molar-refractivity contribution is -0.384. The zero-order valence-electron chi connectivity index (χ0n) is 14.5. The van der Waals surface area contributed by atoms with Crippen LogP contribution in [0.2, 0.25) is 0 Å². The van der Waals surface area contributed by atoms with E-state index in [1.807, 2.05) is 0 Å². The molecule has 0 fully saturated rings. The average molecular weight is 355 g/mol. The van der Waals surface area contributed by atoms with Gasteiger partial charge in [0.15, 0.2) is 0 Å². The monoisotopic (exact) mass is 355 g/mol. The number of ether oxygens (including phenoxy) is 2. The first-order valence-corrected chi connectivity index (χ1v) is 7.83. The molecule has 0 N–H and O–H groups in total. The minimum absolute atomic E-state index is 0.0822. The van der Waals surface area contributed by atoms with Crippen LogP contribution in [-0.2, 0) is 15.3 Å². The summed E-state index contributed by atoms with van der Waals surface area (Å²) in [5, 5.41) is 16.5. The maximum atomic E-state index is 12.1. The molecule has 1 heterocycles. The third kappa shape index (κ3) is 2.97. The van der Waals surface area contributed by atoms with Crippen LogP contribution in [0.25, 0.3) is 0 Å². The Kier molecular flexibility index (Phi) is 4.33. The van der Waals surface area contributed by atoms with Gasteiger partial charge < -0.3 is 9.47 Å². The van der Waals surface area contributed by atoms with Crippen molar-refractivity contribution in [2.75, 3.05) is 7.11 Å². The number of nitrogens with zero attached hydrogens (tertiary/aromatic N) is 3. The van der Waals surface area contributed by atoms with Gasteiger partial charge in [-0.25, -0.2) is 0 Å². The topological polar surface area (TPSA) is 94.3 Å². The highest BCUT2D eigenvalue weighted by molar-refractivity contribution is 5.97. The molecule has 0 radical (unpaired) electrons. The fourth-order valence-electron chi connectivity index (χ4n) is 2.76. The maximum absolute atomic E-state index is 12.1. The number of nitro groups is 1. The highest BCUT2D eigenvalue weighted by Gasteiger charge is 2.45.